The molecule has 0 aliphatic carbocycles. The molecule has 0 aliphatic heterocycles. The summed E-state index contributed by atoms with van der Waals surface area (Å²) < 4.78 is 0. The van der Waals surface area contributed by atoms with E-state index >= 15 is 0 Å². The molecule has 0 amide bonds. The highest BCUT2D eigenvalue weighted by molar-refractivity contribution is 5.82. The molecule has 4 N–H and O–H groups in total. The Morgan fingerprint density at radius 1 is 1.48 bits per heavy atom. The predicted molar refractivity (Wildman–Crippen MR) is 88.9 cm³/mol. The van der Waals surface area contributed by atoms with Crippen molar-refractivity contribution in [3.05, 3.63) is 35.8 Å². The van der Waals surface area contributed by atoms with Crippen LogP contribution in [0.5, 0.6) is 0 Å². The van der Waals surface area contributed by atoms with Crippen LogP contribution in [0.1, 0.15) is 20.3 Å². The van der Waals surface area contributed by atoms with Crippen LogP contribution in [0, 0.1) is 11.3 Å². The van der Waals surface area contributed by atoms with Crippen molar-refractivity contribution in [2.75, 3.05) is 19.6 Å². The number of nitriles is 1. The summed E-state index contributed by atoms with van der Waals surface area (Å²) in [6.07, 6.45) is 8.34. The molecule has 0 saturated carbocycles. The van der Waals surface area contributed by atoms with Gasteiger partial charge in [0.15, 0.2) is 0 Å². The molecule has 0 aliphatic rings. The van der Waals surface area contributed by atoms with Crippen molar-refractivity contribution >= 4 is 12.6 Å². The van der Waals surface area contributed by atoms with E-state index in [-0.39, 0.29) is 0 Å². The molecule has 0 spiro atoms. The number of nitrogens with two attached hydrogens (primary N) is 1. The molecule has 0 aromatic heterocycles. The Labute approximate surface area is 126 Å². The molecule has 0 heterocycles. The van der Waals surface area contributed by atoms with Gasteiger partial charge in [-0.2, -0.15) is 5.26 Å². The van der Waals surface area contributed by atoms with Gasteiger partial charge in [0, 0.05) is 12.1 Å². The van der Waals surface area contributed by atoms with Gasteiger partial charge in [-0.05, 0) is 33.5 Å². The number of hydrogen-bond acceptors (Lipinski definition) is 5. The van der Waals surface area contributed by atoms with Gasteiger partial charge >= 0.3 is 0 Å². The second kappa shape index (κ2) is 12.6. The first kappa shape index (κ1) is 18.6. The molecule has 0 bridgehead atoms. The SMILES string of the molecule is C=N/C(=C\N=C(N)CNCC/C=C\C)NC/C=C(\C)C#N. The quantitative estimate of drug-likeness (QED) is 0.186. The lowest BCUT2D eigenvalue weighted by Crippen LogP contribution is -2.29. The van der Waals surface area contributed by atoms with Crippen LogP contribution < -0.4 is 16.4 Å². The maximum Gasteiger partial charge on any atom is 0.144 e. The third kappa shape index (κ3) is 11.2. The van der Waals surface area contributed by atoms with Crippen molar-refractivity contribution < 1.29 is 0 Å². The average molecular weight is 288 g/mol. The molecule has 0 aromatic rings. The lowest BCUT2D eigenvalue weighted by Gasteiger charge is -2.03. The fraction of sp³-hybridized carbons (Fsp3) is 0.400. The van der Waals surface area contributed by atoms with Crippen LogP contribution in [0.3, 0.4) is 0 Å². The average Bonchev–Trinajstić information content (AvgIpc) is 2.50. The molecule has 0 rings (SSSR count). The summed E-state index contributed by atoms with van der Waals surface area (Å²) in [4.78, 5) is 7.90. The first-order valence-corrected chi connectivity index (χ1v) is 6.75. The number of nitrogens with zero attached hydrogens (tertiary/aromatic N) is 3. The third-order valence-electron chi connectivity index (χ3n) is 2.42. The highest BCUT2D eigenvalue weighted by Gasteiger charge is 1.93. The Morgan fingerprint density at radius 3 is 2.86 bits per heavy atom. The lowest BCUT2D eigenvalue weighted by atomic mass is 10.3. The van der Waals surface area contributed by atoms with E-state index in [9.17, 15) is 0 Å². The lowest BCUT2D eigenvalue weighted by molar-refractivity contribution is 0.768. The standard InChI is InChI=1S/C15H24N6/c1-4-5-6-8-19-11-14(17)21-12-15(18-3)20-9-7-13(2)10-16/h4-5,7,12,19-20H,3,6,8-9,11H2,1-2H3,(H2,17,21)/b5-4-,13-7+,15-12+. The highest BCUT2D eigenvalue weighted by atomic mass is 15.0. The Kier molecular flexibility index (Phi) is 11.2. The minimum absolute atomic E-state index is 0.474. The largest absolute Gasteiger partial charge is 0.386 e. The normalized spacial score (nSPS) is 13.3. The van der Waals surface area contributed by atoms with E-state index in [2.05, 4.69) is 33.4 Å². The Hall–Kier alpha value is -2.39. The zero-order valence-corrected chi connectivity index (χ0v) is 12.8. The number of amidine groups is 1. The summed E-state index contributed by atoms with van der Waals surface area (Å²) in [6.45, 7) is 9.04. The van der Waals surface area contributed by atoms with Gasteiger partial charge in [0.25, 0.3) is 0 Å². The zero-order valence-electron chi connectivity index (χ0n) is 12.8. The smallest absolute Gasteiger partial charge is 0.144 e. The van der Waals surface area contributed by atoms with Gasteiger partial charge in [-0.15, -0.1) is 0 Å². The van der Waals surface area contributed by atoms with Crippen molar-refractivity contribution in [3.63, 3.8) is 0 Å². The topological polar surface area (TPSA) is 98.6 Å². The van der Waals surface area contributed by atoms with E-state index in [1.165, 1.54) is 6.20 Å². The summed E-state index contributed by atoms with van der Waals surface area (Å²) in [5.41, 5.74) is 6.41. The van der Waals surface area contributed by atoms with Gasteiger partial charge in [0.05, 0.1) is 18.8 Å². The van der Waals surface area contributed by atoms with Gasteiger partial charge in [-0.3, -0.25) is 0 Å². The molecule has 0 radical (unpaired) electrons. The molecule has 0 saturated heterocycles. The molecule has 0 fully saturated rings. The Balaban J connectivity index is 4.21. The summed E-state index contributed by atoms with van der Waals surface area (Å²) in [6, 6.07) is 2.04. The van der Waals surface area contributed by atoms with Crippen molar-refractivity contribution in [3.8, 4) is 6.07 Å². The van der Waals surface area contributed by atoms with E-state index in [1.807, 2.05) is 19.1 Å². The Bertz CT molecular complexity index is 465. The van der Waals surface area contributed by atoms with Crippen molar-refractivity contribution in [2.45, 2.75) is 20.3 Å². The van der Waals surface area contributed by atoms with Crippen LogP contribution in [-0.2, 0) is 0 Å². The molecule has 0 unspecified atom stereocenters. The molecule has 0 aromatic carbocycles. The van der Waals surface area contributed by atoms with Gasteiger partial charge in [-0.1, -0.05) is 18.2 Å². The fourth-order valence-electron chi connectivity index (χ4n) is 1.25. The first-order chi connectivity index (χ1) is 10.1. The van der Waals surface area contributed by atoms with Crippen LogP contribution in [0.2, 0.25) is 0 Å². The second-order valence-corrected chi connectivity index (χ2v) is 4.21. The minimum Gasteiger partial charge on any atom is -0.386 e. The van der Waals surface area contributed by atoms with Gasteiger partial charge < -0.3 is 16.4 Å². The van der Waals surface area contributed by atoms with E-state index in [1.54, 1.807) is 13.0 Å². The first-order valence-electron chi connectivity index (χ1n) is 6.75. The number of aliphatic imine (C=N–C) groups is 2. The molecule has 114 valence electrons. The summed E-state index contributed by atoms with van der Waals surface area (Å²) >= 11 is 0. The van der Waals surface area contributed by atoms with Crippen molar-refractivity contribution in [2.24, 2.45) is 15.7 Å². The van der Waals surface area contributed by atoms with Crippen LogP contribution in [-0.4, -0.2) is 32.2 Å². The summed E-state index contributed by atoms with van der Waals surface area (Å²) in [7, 11) is 0. The number of rotatable bonds is 10. The third-order valence-corrected chi connectivity index (χ3v) is 2.42. The monoisotopic (exact) mass is 288 g/mol. The van der Waals surface area contributed by atoms with Crippen LogP contribution in [0.25, 0.3) is 0 Å². The Morgan fingerprint density at radius 2 is 2.24 bits per heavy atom. The molecule has 0 atom stereocenters. The van der Waals surface area contributed by atoms with E-state index in [0.29, 0.717) is 30.3 Å². The number of allylic oxidation sites excluding steroid dienone is 2. The van der Waals surface area contributed by atoms with E-state index in [4.69, 9.17) is 11.0 Å². The maximum atomic E-state index is 8.62. The van der Waals surface area contributed by atoms with Gasteiger partial charge in [0.1, 0.15) is 11.7 Å². The number of nitrogens with one attached hydrogen (secondary N) is 2. The van der Waals surface area contributed by atoms with Crippen LogP contribution in [0.4, 0.5) is 0 Å². The summed E-state index contributed by atoms with van der Waals surface area (Å²) in [5, 5.41) is 14.8. The molecule has 6 heteroatoms. The summed E-state index contributed by atoms with van der Waals surface area (Å²) in [5.74, 6) is 0.982. The van der Waals surface area contributed by atoms with E-state index < -0.39 is 0 Å². The van der Waals surface area contributed by atoms with Gasteiger partial charge in [0.2, 0.25) is 0 Å². The molecular formula is C15H24N6. The molecular weight excluding hydrogens is 264 g/mol. The van der Waals surface area contributed by atoms with Gasteiger partial charge in [-0.25, -0.2) is 9.98 Å². The molecule has 21 heavy (non-hydrogen) atoms. The number of hydrogen-bond donors (Lipinski definition) is 3. The molecule has 6 nitrogen and oxygen atoms in total. The highest BCUT2D eigenvalue weighted by Crippen LogP contribution is 1.92. The minimum atomic E-state index is 0.474. The second-order valence-electron chi connectivity index (χ2n) is 4.21. The van der Waals surface area contributed by atoms with E-state index in [0.717, 1.165) is 13.0 Å². The van der Waals surface area contributed by atoms with Crippen molar-refractivity contribution in [1.82, 2.24) is 10.6 Å². The predicted octanol–water partition coefficient (Wildman–Crippen LogP) is 1.46. The van der Waals surface area contributed by atoms with Crippen LogP contribution in [0.15, 0.2) is 45.8 Å². The maximum absolute atomic E-state index is 8.62. The van der Waals surface area contributed by atoms with Crippen molar-refractivity contribution in [1.29, 1.82) is 5.26 Å². The fourth-order valence-corrected chi connectivity index (χ4v) is 1.25. The zero-order chi connectivity index (χ0) is 15.9. The van der Waals surface area contributed by atoms with Crippen LogP contribution >= 0.6 is 0 Å².